The summed E-state index contributed by atoms with van der Waals surface area (Å²) in [6.45, 7) is 5.49. The van der Waals surface area contributed by atoms with Crippen LogP contribution in [0.3, 0.4) is 0 Å². The molecule has 0 rings (SSSR count). The summed E-state index contributed by atoms with van der Waals surface area (Å²) in [5.74, 6) is -1.20. The molecule has 30 heavy (non-hydrogen) atoms. The molecule has 0 aliphatic rings. The summed E-state index contributed by atoms with van der Waals surface area (Å²) in [7, 11) is 0. The van der Waals surface area contributed by atoms with Crippen LogP contribution in [0.2, 0.25) is 0 Å². The molecule has 0 saturated carbocycles. The maximum Gasteiger partial charge on any atom is 0.313 e. The van der Waals surface area contributed by atoms with E-state index in [1.807, 2.05) is 6.08 Å². The molecule has 0 bridgehead atoms. The summed E-state index contributed by atoms with van der Waals surface area (Å²) in [5, 5.41) is 2.61. The Morgan fingerprint density at radius 1 is 0.733 bits per heavy atom. The van der Waals surface area contributed by atoms with Gasteiger partial charge < -0.3 is 4.74 Å². The number of hydrogen-bond acceptors (Lipinski definition) is 5. The second kappa shape index (κ2) is 20.9. The first-order valence-corrected chi connectivity index (χ1v) is 10.6. The topological polar surface area (TPSA) is 72.8 Å². The number of rotatable bonds is 17. The summed E-state index contributed by atoms with van der Waals surface area (Å²) < 4.78 is 4.66. The molecule has 0 aliphatic carbocycles. The van der Waals surface area contributed by atoms with E-state index in [0.29, 0.717) is 6.42 Å². The Labute approximate surface area is 180 Å². The molecule has 0 fully saturated rings. The van der Waals surface area contributed by atoms with Crippen molar-refractivity contribution >= 4 is 11.9 Å². The van der Waals surface area contributed by atoms with Crippen LogP contribution in [0.15, 0.2) is 78.2 Å². The van der Waals surface area contributed by atoms with Crippen molar-refractivity contribution in [3.63, 3.8) is 0 Å². The van der Waals surface area contributed by atoms with Gasteiger partial charge in [0.15, 0.2) is 0 Å². The number of esters is 2. The summed E-state index contributed by atoms with van der Waals surface area (Å²) in [4.78, 5) is 33.1. The highest BCUT2D eigenvalue weighted by Crippen LogP contribution is 2.06. The number of unbranched alkanes of at least 4 members (excludes halogenated alkanes) is 1. The fourth-order valence-electron chi connectivity index (χ4n) is 2.25. The second-order valence-electron chi connectivity index (χ2n) is 6.60. The summed E-state index contributed by atoms with van der Waals surface area (Å²) in [5.41, 5.74) is 0.0674. The van der Waals surface area contributed by atoms with Gasteiger partial charge >= 0.3 is 11.9 Å². The zero-order valence-corrected chi connectivity index (χ0v) is 18.1. The van der Waals surface area contributed by atoms with E-state index in [1.165, 1.54) is 0 Å². The predicted octanol–water partition coefficient (Wildman–Crippen LogP) is 7.04. The Kier molecular flexibility index (Phi) is 18.9. The monoisotopic (exact) mass is 413 g/mol. The van der Waals surface area contributed by atoms with Crippen LogP contribution in [-0.4, -0.2) is 11.9 Å². The maximum absolute atomic E-state index is 11.5. The number of nitrogens with zero attached hydrogens (tertiary/aromatic N) is 1. The molecule has 0 unspecified atom stereocenters. The average Bonchev–Trinajstić information content (AvgIpc) is 2.74. The largest absolute Gasteiger partial charge is 0.393 e. The fraction of sp³-hybridized carbons (Fsp3) is 0.440. The van der Waals surface area contributed by atoms with Crippen molar-refractivity contribution in [2.24, 2.45) is 5.18 Å². The van der Waals surface area contributed by atoms with E-state index < -0.39 is 11.9 Å². The smallest absolute Gasteiger partial charge is 0.313 e. The Morgan fingerprint density at radius 2 is 1.20 bits per heavy atom. The van der Waals surface area contributed by atoms with Crippen LogP contribution >= 0.6 is 0 Å². The normalized spacial score (nSPS) is 12.0. The highest BCUT2D eigenvalue weighted by molar-refractivity contribution is 5.85. The molecule has 0 aromatic heterocycles. The Balaban J connectivity index is 3.65. The summed E-state index contributed by atoms with van der Waals surface area (Å²) >= 11 is 0. The molecule has 0 heterocycles. The molecule has 0 aliphatic heterocycles. The predicted molar refractivity (Wildman–Crippen MR) is 124 cm³/mol. The Hall–Kier alpha value is -2.82. The van der Waals surface area contributed by atoms with Crippen LogP contribution in [0.5, 0.6) is 0 Å². The van der Waals surface area contributed by atoms with Crippen molar-refractivity contribution in [1.29, 1.82) is 0 Å². The SMILES string of the molecule is C=C(CCC(=O)OC(=O)CCC/C=C\C/C=C\C/C=C\C/C=C\C/C=C\CC)N=O. The van der Waals surface area contributed by atoms with Gasteiger partial charge in [0, 0.05) is 12.8 Å². The van der Waals surface area contributed by atoms with Gasteiger partial charge in [-0.1, -0.05) is 74.3 Å². The first kappa shape index (κ1) is 27.2. The number of allylic oxidation sites excluding steroid dienone is 11. The number of carbonyl (C=O) groups is 2. The van der Waals surface area contributed by atoms with Gasteiger partial charge in [0.1, 0.15) is 0 Å². The van der Waals surface area contributed by atoms with Gasteiger partial charge in [-0.05, 0) is 50.1 Å². The lowest BCUT2D eigenvalue weighted by Gasteiger charge is -2.01. The lowest BCUT2D eigenvalue weighted by molar-refractivity contribution is -0.159. The van der Waals surface area contributed by atoms with Gasteiger partial charge in [0.05, 0.1) is 12.1 Å². The third-order valence-electron chi connectivity index (χ3n) is 3.88. The van der Waals surface area contributed by atoms with E-state index in [0.717, 1.165) is 38.5 Å². The Bertz CT molecular complexity index is 654. The number of nitroso groups, excluding NO2 is 1. The third-order valence-corrected chi connectivity index (χ3v) is 3.88. The van der Waals surface area contributed by atoms with E-state index in [1.54, 1.807) is 0 Å². The zero-order chi connectivity index (χ0) is 22.3. The van der Waals surface area contributed by atoms with Crippen molar-refractivity contribution < 1.29 is 14.3 Å². The molecule has 0 aromatic carbocycles. The molecule has 0 radical (unpaired) electrons. The lowest BCUT2D eigenvalue weighted by Crippen LogP contribution is -2.11. The van der Waals surface area contributed by atoms with Crippen LogP contribution in [0.4, 0.5) is 0 Å². The molecule has 0 saturated heterocycles. The van der Waals surface area contributed by atoms with Crippen molar-refractivity contribution in [2.45, 2.75) is 71.1 Å². The number of hydrogen-bond donors (Lipinski definition) is 0. The van der Waals surface area contributed by atoms with Crippen LogP contribution in [-0.2, 0) is 14.3 Å². The van der Waals surface area contributed by atoms with Crippen molar-refractivity contribution in [3.05, 3.63) is 77.9 Å². The molecular weight excluding hydrogens is 378 g/mol. The van der Waals surface area contributed by atoms with Crippen LogP contribution in [0.25, 0.3) is 0 Å². The quantitative estimate of drug-likeness (QED) is 0.0843. The number of ether oxygens (including phenoxy) is 1. The minimum absolute atomic E-state index is 0.0644. The molecule has 0 N–H and O–H groups in total. The third kappa shape index (κ3) is 19.9. The first-order valence-electron chi connectivity index (χ1n) is 10.6. The maximum atomic E-state index is 11.5. The average molecular weight is 414 g/mol. The van der Waals surface area contributed by atoms with Gasteiger partial charge in [0.25, 0.3) is 0 Å². The minimum atomic E-state index is -0.653. The number of carbonyl (C=O) groups excluding carboxylic acids is 2. The molecule has 0 atom stereocenters. The second-order valence-corrected chi connectivity index (χ2v) is 6.60. The summed E-state index contributed by atoms with van der Waals surface area (Å²) in [6.07, 6.45) is 27.8. The highest BCUT2D eigenvalue weighted by Gasteiger charge is 2.10. The van der Waals surface area contributed by atoms with Gasteiger partial charge in [-0.25, -0.2) is 0 Å². The molecule has 0 aromatic rings. The van der Waals surface area contributed by atoms with E-state index >= 15 is 0 Å². The first-order chi connectivity index (χ1) is 14.6. The lowest BCUT2D eigenvalue weighted by atomic mass is 10.2. The van der Waals surface area contributed by atoms with Crippen LogP contribution in [0.1, 0.15) is 71.1 Å². The molecule has 5 nitrogen and oxygen atoms in total. The van der Waals surface area contributed by atoms with E-state index in [4.69, 9.17) is 0 Å². The van der Waals surface area contributed by atoms with Crippen molar-refractivity contribution in [3.8, 4) is 0 Å². The van der Waals surface area contributed by atoms with Crippen LogP contribution in [0, 0.1) is 4.91 Å². The van der Waals surface area contributed by atoms with Gasteiger partial charge in [-0.2, -0.15) is 0 Å². The van der Waals surface area contributed by atoms with Gasteiger partial charge in [-0.15, -0.1) is 4.91 Å². The molecular formula is C25H35NO4. The van der Waals surface area contributed by atoms with E-state index in [-0.39, 0.29) is 25.0 Å². The van der Waals surface area contributed by atoms with Crippen LogP contribution < -0.4 is 0 Å². The standard InChI is InChI=1S/C25H35NO4/c1-3-4-5-6-7-8-9-10-11-12-13-14-15-16-17-18-19-20-24(27)30-25(28)22-21-23(2)26-29/h4-5,7-8,10-11,13-14,16-17H,2-3,6,9,12,15,18-22H2,1H3/b5-4-,8-7-,11-10-,14-13-,17-16-. The molecule has 0 amide bonds. The zero-order valence-electron chi connectivity index (χ0n) is 18.1. The molecule has 5 heteroatoms. The minimum Gasteiger partial charge on any atom is -0.393 e. The van der Waals surface area contributed by atoms with E-state index in [2.05, 4.69) is 78.1 Å². The van der Waals surface area contributed by atoms with Gasteiger partial charge in [-0.3, -0.25) is 9.59 Å². The highest BCUT2D eigenvalue weighted by atomic mass is 16.6. The molecule has 0 spiro atoms. The fourth-order valence-corrected chi connectivity index (χ4v) is 2.25. The van der Waals surface area contributed by atoms with Crippen molar-refractivity contribution in [1.82, 2.24) is 0 Å². The Morgan fingerprint density at radius 3 is 1.70 bits per heavy atom. The summed E-state index contributed by atoms with van der Waals surface area (Å²) in [6, 6.07) is 0. The molecule has 164 valence electrons. The van der Waals surface area contributed by atoms with E-state index in [9.17, 15) is 14.5 Å². The van der Waals surface area contributed by atoms with Gasteiger partial charge in [0.2, 0.25) is 0 Å². The van der Waals surface area contributed by atoms with Crippen molar-refractivity contribution in [2.75, 3.05) is 0 Å².